The zero-order valence-electron chi connectivity index (χ0n) is 16.1. The third-order valence-electron chi connectivity index (χ3n) is 4.44. The lowest BCUT2D eigenvalue weighted by Gasteiger charge is -2.40. The summed E-state index contributed by atoms with van der Waals surface area (Å²) in [6, 6.07) is 4.87. The summed E-state index contributed by atoms with van der Waals surface area (Å²) in [4.78, 5) is 27.9. The SMILES string of the molecule is CC(=O)N1c2ccc(-c3cnn(C(F)F)c3)cc2N(C(=O)OC(C)C)C[C@@H]1C. The van der Waals surface area contributed by atoms with Gasteiger partial charge in [-0.15, -0.1) is 0 Å². The molecule has 1 aromatic carbocycles. The van der Waals surface area contributed by atoms with E-state index in [1.54, 1.807) is 36.9 Å². The minimum Gasteiger partial charge on any atom is -0.446 e. The van der Waals surface area contributed by atoms with Gasteiger partial charge in [-0.2, -0.15) is 13.9 Å². The van der Waals surface area contributed by atoms with Crippen molar-refractivity contribution in [3.63, 3.8) is 0 Å². The van der Waals surface area contributed by atoms with Crippen LogP contribution in [0.2, 0.25) is 0 Å². The first-order valence-corrected chi connectivity index (χ1v) is 8.93. The monoisotopic (exact) mass is 392 g/mol. The first-order chi connectivity index (χ1) is 13.2. The fourth-order valence-corrected chi connectivity index (χ4v) is 3.32. The van der Waals surface area contributed by atoms with E-state index in [2.05, 4.69) is 5.10 Å². The smallest absolute Gasteiger partial charge is 0.414 e. The number of hydrogen-bond donors (Lipinski definition) is 0. The molecular weight excluding hydrogens is 370 g/mol. The van der Waals surface area contributed by atoms with Crippen molar-refractivity contribution in [2.45, 2.75) is 46.4 Å². The van der Waals surface area contributed by atoms with Crippen LogP contribution in [0.1, 0.15) is 34.2 Å². The summed E-state index contributed by atoms with van der Waals surface area (Å²) < 4.78 is 31.6. The van der Waals surface area contributed by atoms with E-state index in [9.17, 15) is 18.4 Å². The topological polar surface area (TPSA) is 67.7 Å². The number of carbonyl (C=O) groups excluding carboxylic acids is 2. The minimum atomic E-state index is -2.74. The van der Waals surface area contributed by atoms with E-state index in [0.29, 0.717) is 27.2 Å². The Morgan fingerprint density at radius 2 is 1.93 bits per heavy atom. The van der Waals surface area contributed by atoms with Crippen LogP contribution >= 0.6 is 0 Å². The molecular formula is C19H22F2N4O3. The zero-order valence-corrected chi connectivity index (χ0v) is 16.1. The summed E-state index contributed by atoms with van der Waals surface area (Å²) in [5.74, 6) is -0.149. The molecule has 150 valence electrons. The number of halogens is 2. The van der Waals surface area contributed by atoms with Crippen molar-refractivity contribution in [2.75, 3.05) is 16.3 Å². The highest BCUT2D eigenvalue weighted by Crippen LogP contribution is 2.39. The van der Waals surface area contributed by atoms with Gasteiger partial charge in [0.2, 0.25) is 5.91 Å². The molecule has 0 saturated heterocycles. The Morgan fingerprint density at radius 3 is 2.50 bits per heavy atom. The Balaban J connectivity index is 2.07. The van der Waals surface area contributed by atoms with Crippen molar-refractivity contribution in [1.82, 2.24) is 9.78 Å². The molecule has 2 heterocycles. The molecule has 1 aliphatic rings. The van der Waals surface area contributed by atoms with E-state index < -0.39 is 12.6 Å². The lowest BCUT2D eigenvalue weighted by atomic mass is 10.0. The Bertz CT molecular complexity index is 897. The van der Waals surface area contributed by atoms with Crippen LogP contribution in [0.15, 0.2) is 30.6 Å². The Morgan fingerprint density at radius 1 is 1.21 bits per heavy atom. The molecule has 1 aliphatic heterocycles. The van der Waals surface area contributed by atoms with E-state index in [0.717, 1.165) is 0 Å². The van der Waals surface area contributed by atoms with Crippen LogP contribution in [0.4, 0.5) is 25.0 Å². The van der Waals surface area contributed by atoms with E-state index >= 15 is 0 Å². The molecule has 1 aromatic heterocycles. The number of amides is 2. The van der Waals surface area contributed by atoms with Gasteiger partial charge in [0, 0.05) is 25.2 Å². The number of nitrogens with zero attached hydrogens (tertiary/aromatic N) is 4. The number of alkyl halides is 2. The number of aromatic nitrogens is 2. The summed E-state index contributed by atoms with van der Waals surface area (Å²) in [5, 5.41) is 3.65. The van der Waals surface area contributed by atoms with E-state index in [-0.39, 0.29) is 24.6 Å². The Kier molecular flexibility index (Phi) is 5.35. The van der Waals surface area contributed by atoms with Gasteiger partial charge in [0.05, 0.1) is 29.7 Å². The average molecular weight is 392 g/mol. The van der Waals surface area contributed by atoms with Crippen molar-refractivity contribution in [2.24, 2.45) is 0 Å². The zero-order chi connectivity index (χ0) is 20.6. The van der Waals surface area contributed by atoms with Crippen LogP contribution in [0.5, 0.6) is 0 Å². The summed E-state index contributed by atoms with van der Waals surface area (Å²) in [7, 11) is 0. The second-order valence-corrected chi connectivity index (χ2v) is 6.97. The van der Waals surface area contributed by atoms with Gasteiger partial charge >= 0.3 is 12.6 Å². The molecule has 0 radical (unpaired) electrons. The molecule has 0 unspecified atom stereocenters. The fourth-order valence-electron chi connectivity index (χ4n) is 3.32. The number of anilines is 2. The van der Waals surface area contributed by atoms with Crippen molar-refractivity contribution < 1.29 is 23.1 Å². The van der Waals surface area contributed by atoms with E-state index in [1.807, 2.05) is 6.92 Å². The normalized spacial score (nSPS) is 16.5. The van der Waals surface area contributed by atoms with Crippen LogP contribution < -0.4 is 9.80 Å². The number of hydrogen-bond acceptors (Lipinski definition) is 4. The van der Waals surface area contributed by atoms with Crippen LogP contribution in [0.25, 0.3) is 11.1 Å². The molecule has 1 atom stereocenters. The maximum absolute atomic E-state index is 12.8. The summed E-state index contributed by atoms with van der Waals surface area (Å²) >= 11 is 0. The van der Waals surface area contributed by atoms with Crippen LogP contribution in [0, 0.1) is 0 Å². The predicted octanol–water partition coefficient (Wildman–Crippen LogP) is 4.05. The van der Waals surface area contributed by atoms with Gasteiger partial charge in [0.1, 0.15) is 0 Å². The molecule has 0 bridgehead atoms. The molecule has 3 rings (SSSR count). The largest absolute Gasteiger partial charge is 0.446 e. The number of carbonyl (C=O) groups is 2. The second-order valence-electron chi connectivity index (χ2n) is 6.97. The molecule has 0 spiro atoms. The molecule has 0 aliphatic carbocycles. The highest BCUT2D eigenvalue weighted by Gasteiger charge is 2.34. The van der Waals surface area contributed by atoms with E-state index in [4.69, 9.17) is 4.74 Å². The fraction of sp³-hybridized carbons (Fsp3) is 0.421. The van der Waals surface area contributed by atoms with Gasteiger partial charge in [0.25, 0.3) is 0 Å². The van der Waals surface area contributed by atoms with Crippen molar-refractivity contribution >= 4 is 23.4 Å². The number of rotatable bonds is 3. The third-order valence-corrected chi connectivity index (χ3v) is 4.44. The number of ether oxygens (including phenoxy) is 1. The highest BCUT2D eigenvalue weighted by molar-refractivity contribution is 6.03. The van der Waals surface area contributed by atoms with Crippen LogP contribution in [-0.4, -0.2) is 40.5 Å². The third kappa shape index (κ3) is 3.69. The molecule has 0 fully saturated rings. The number of fused-ring (bicyclic) bond motifs is 1. The second kappa shape index (κ2) is 7.57. The van der Waals surface area contributed by atoms with Gasteiger partial charge in [0.15, 0.2) is 0 Å². The van der Waals surface area contributed by atoms with Gasteiger partial charge in [-0.3, -0.25) is 9.69 Å². The van der Waals surface area contributed by atoms with Crippen molar-refractivity contribution in [3.8, 4) is 11.1 Å². The van der Waals surface area contributed by atoms with Gasteiger partial charge in [-0.05, 0) is 38.5 Å². The standard InChI is InChI=1S/C19H22F2N4O3/c1-11(2)28-19(27)23-9-12(3)25(13(4)26)16-6-5-14(7-17(16)23)15-8-22-24(10-15)18(20)21/h5-8,10-12,18H,9H2,1-4H3/t12-/m0/s1. The first kappa shape index (κ1) is 19.8. The Hall–Kier alpha value is -2.97. The highest BCUT2D eigenvalue weighted by atomic mass is 19.3. The molecule has 0 N–H and O–H groups in total. The van der Waals surface area contributed by atoms with Gasteiger partial charge in [-0.25, -0.2) is 9.48 Å². The molecule has 2 aromatic rings. The summed E-state index contributed by atoms with van der Waals surface area (Å²) in [6.45, 7) is 4.34. The lowest BCUT2D eigenvalue weighted by Crippen LogP contribution is -2.51. The maximum Gasteiger partial charge on any atom is 0.414 e. The molecule has 0 saturated carbocycles. The van der Waals surface area contributed by atoms with Crippen molar-refractivity contribution in [3.05, 3.63) is 30.6 Å². The Labute approximate surface area is 161 Å². The lowest BCUT2D eigenvalue weighted by molar-refractivity contribution is -0.117. The van der Waals surface area contributed by atoms with Crippen LogP contribution in [-0.2, 0) is 9.53 Å². The van der Waals surface area contributed by atoms with Crippen molar-refractivity contribution in [1.29, 1.82) is 0 Å². The first-order valence-electron chi connectivity index (χ1n) is 8.93. The minimum absolute atomic E-state index is 0.149. The molecule has 9 heteroatoms. The predicted molar refractivity (Wildman–Crippen MR) is 101 cm³/mol. The summed E-state index contributed by atoms with van der Waals surface area (Å²) in [6.07, 6.45) is 1.74. The van der Waals surface area contributed by atoms with Crippen LogP contribution in [0.3, 0.4) is 0 Å². The van der Waals surface area contributed by atoms with Gasteiger partial charge < -0.3 is 9.64 Å². The molecule has 7 nitrogen and oxygen atoms in total. The summed E-state index contributed by atoms with van der Waals surface area (Å²) in [5.41, 5.74) is 2.14. The van der Waals surface area contributed by atoms with Gasteiger partial charge in [-0.1, -0.05) is 6.07 Å². The molecule has 2 amide bonds. The molecule has 28 heavy (non-hydrogen) atoms. The number of benzene rings is 1. The van der Waals surface area contributed by atoms with E-state index in [1.165, 1.54) is 24.2 Å². The maximum atomic E-state index is 12.8. The quantitative estimate of drug-likeness (QED) is 0.790. The average Bonchev–Trinajstić information content (AvgIpc) is 3.10.